The van der Waals surface area contributed by atoms with Crippen molar-refractivity contribution in [1.82, 2.24) is 15.1 Å². The van der Waals surface area contributed by atoms with Gasteiger partial charge in [0.1, 0.15) is 5.75 Å². The van der Waals surface area contributed by atoms with Gasteiger partial charge in [0, 0.05) is 44.8 Å². The van der Waals surface area contributed by atoms with Gasteiger partial charge in [-0.05, 0) is 49.6 Å². The zero-order valence-corrected chi connectivity index (χ0v) is 20.6. The topological polar surface area (TPSA) is 61.8 Å². The fourth-order valence-corrected chi connectivity index (χ4v) is 5.20. The molecule has 1 aromatic heterocycles. The molecule has 2 aliphatic heterocycles. The lowest BCUT2D eigenvalue weighted by Crippen LogP contribution is -2.52. The number of hydrogen-bond acceptors (Lipinski definition) is 6. The molecule has 2 aromatic carbocycles. The average molecular weight is 472 g/mol. The molecule has 1 unspecified atom stereocenters. The summed E-state index contributed by atoms with van der Waals surface area (Å²) in [4.78, 5) is 19.9. The van der Waals surface area contributed by atoms with E-state index in [-0.39, 0.29) is 11.8 Å². The SMILES string of the molecule is COc1ccccc1N1CCN(C(=O)C2CCCN(c3ccc(-c4ccccc4C)nn3)C2)CC1. The Kier molecular flexibility index (Phi) is 6.84. The van der Waals surface area contributed by atoms with Crippen molar-refractivity contribution in [2.75, 3.05) is 56.2 Å². The van der Waals surface area contributed by atoms with Crippen LogP contribution in [0.15, 0.2) is 60.7 Å². The Morgan fingerprint density at radius 3 is 2.40 bits per heavy atom. The maximum atomic E-state index is 13.4. The number of aryl methyl sites for hydroxylation is 1. The van der Waals surface area contributed by atoms with Gasteiger partial charge in [0.15, 0.2) is 5.82 Å². The van der Waals surface area contributed by atoms with Gasteiger partial charge in [-0.3, -0.25) is 4.79 Å². The minimum absolute atomic E-state index is 0.000550. The van der Waals surface area contributed by atoms with Crippen LogP contribution in [0, 0.1) is 12.8 Å². The number of amides is 1. The van der Waals surface area contributed by atoms with Crippen molar-refractivity contribution in [2.45, 2.75) is 19.8 Å². The van der Waals surface area contributed by atoms with Crippen molar-refractivity contribution in [1.29, 1.82) is 0 Å². The molecule has 2 fully saturated rings. The van der Waals surface area contributed by atoms with Crippen molar-refractivity contribution in [3.05, 3.63) is 66.2 Å². The molecular formula is C28H33N5O2. The molecule has 2 aliphatic rings. The highest BCUT2D eigenvalue weighted by Crippen LogP contribution is 2.30. The lowest BCUT2D eigenvalue weighted by Gasteiger charge is -2.40. The maximum Gasteiger partial charge on any atom is 0.227 e. The predicted octanol–water partition coefficient (Wildman–Crippen LogP) is 4.03. The zero-order chi connectivity index (χ0) is 24.2. The summed E-state index contributed by atoms with van der Waals surface area (Å²) in [6, 6.07) is 20.4. The third kappa shape index (κ3) is 4.94. The molecule has 1 atom stereocenters. The summed E-state index contributed by atoms with van der Waals surface area (Å²) >= 11 is 0. The monoisotopic (exact) mass is 471 g/mol. The highest BCUT2D eigenvalue weighted by Gasteiger charge is 2.32. The molecule has 5 rings (SSSR count). The molecule has 0 saturated carbocycles. The summed E-state index contributed by atoms with van der Waals surface area (Å²) in [5.74, 6) is 1.99. The summed E-state index contributed by atoms with van der Waals surface area (Å²) in [6.07, 6.45) is 1.91. The second-order valence-corrected chi connectivity index (χ2v) is 9.36. The largest absolute Gasteiger partial charge is 0.495 e. The number of carbonyl (C=O) groups excluding carboxylic acids is 1. The Hall–Kier alpha value is -3.61. The molecule has 35 heavy (non-hydrogen) atoms. The number of ether oxygens (including phenoxy) is 1. The van der Waals surface area contributed by atoms with Gasteiger partial charge in [0.25, 0.3) is 0 Å². The van der Waals surface area contributed by atoms with Crippen molar-refractivity contribution in [2.24, 2.45) is 5.92 Å². The first-order valence-electron chi connectivity index (χ1n) is 12.5. The Balaban J connectivity index is 1.20. The molecular weight excluding hydrogens is 438 g/mol. The number of nitrogens with zero attached hydrogens (tertiary/aromatic N) is 5. The predicted molar refractivity (Wildman–Crippen MR) is 139 cm³/mol. The third-order valence-electron chi connectivity index (χ3n) is 7.18. The van der Waals surface area contributed by atoms with Crippen LogP contribution in [0.25, 0.3) is 11.3 Å². The summed E-state index contributed by atoms with van der Waals surface area (Å²) in [6.45, 7) is 6.79. The van der Waals surface area contributed by atoms with E-state index in [1.807, 2.05) is 47.4 Å². The van der Waals surface area contributed by atoms with Crippen LogP contribution in [-0.4, -0.2) is 67.4 Å². The van der Waals surface area contributed by atoms with E-state index in [1.54, 1.807) is 7.11 Å². The van der Waals surface area contributed by atoms with Crippen LogP contribution in [0.1, 0.15) is 18.4 Å². The molecule has 0 N–H and O–H groups in total. The number of anilines is 2. The Labute approximate surface area is 207 Å². The molecule has 0 bridgehead atoms. The lowest BCUT2D eigenvalue weighted by atomic mass is 9.96. The quantitative estimate of drug-likeness (QED) is 0.560. The Morgan fingerprint density at radius 1 is 0.886 bits per heavy atom. The molecule has 7 heteroatoms. The second-order valence-electron chi connectivity index (χ2n) is 9.36. The summed E-state index contributed by atoms with van der Waals surface area (Å²) in [7, 11) is 1.70. The number of piperidine rings is 1. The highest BCUT2D eigenvalue weighted by atomic mass is 16.5. The molecule has 1 amide bonds. The molecule has 0 radical (unpaired) electrons. The molecule has 7 nitrogen and oxygen atoms in total. The zero-order valence-electron chi connectivity index (χ0n) is 20.6. The molecule has 2 saturated heterocycles. The van der Waals surface area contributed by atoms with E-state index in [0.717, 1.165) is 74.1 Å². The Morgan fingerprint density at radius 2 is 1.66 bits per heavy atom. The lowest BCUT2D eigenvalue weighted by molar-refractivity contribution is -0.136. The van der Waals surface area contributed by atoms with Crippen LogP contribution >= 0.6 is 0 Å². The fourth-order valence-electron chi connectivity index (χ4n) is 5.20. The normalized spacial score (nSPS) is 18.5. The molecule has 3 aromatic rings. The smallest absolute Gasteiger partial charge is 0.227 e. The first-order chi connectivity index (χ1) is 17.1. The van der Waals surface area contributed by atoms with Gasteiger partial charge in [-0.1, -0.05) is 36.4 Å². The van der Waals surface area contributed by atoms with Crippen molar-refractivity contribution in [3.63, 3.8) is 0 Å². The third-order valence-corrected chi connectivity index (χ3v) is 7.18. The van der Waals surface area contributed by atoms with Crippen molar-refractivity contribution >= 4 is 17.4 Å². The van der Waals surface area contributed by atoms with Crippen molar-refractivity contribution in [3.8, 4) is 17.0 Å². The van der Waals surface area contributed by atoms with Crippen LogP contribution in [0.2, 0.25) is 0 Å². The first kappa shape index (κ1) is 23.1. The number of hydrogen-bond donors (Lipinski definition) is 0. The minimum Gasteiger partial charge on any atom is -0.495 e. The van der Waals surface area contributed by atoms with Gasteiger partial charge in [0.05, 0.1) is 24.4 Å². The number of aromatic nitrogens is 2. The van der Waals surface area contributed by atoms with Gasteiger partial charge in [-0.25, -0.2) is 0 Å². The molecule has 0 aliphatic carbocycles. The fraction of sp³-hybridized carbons (Fsp3) is 0.393. The summed E-state index contributed by atoms with van der Waals surface area (Å²) in [5.41, 5.74) is 4.26. The van der Waals surface area contributed by atoms with E-state index in [4.69, 9.17) is 4.74 Å². The number of rotatable bonds is 5. The van der Waals surface area contributed by atoms with E-state index in [9.17, 15) is 4.79 Å². The number of carbonyl (C=O) groups is 1. The summed E-state index contributed by atoms with van der Waals surface area (Å²) < 4.78 is 5.52. The Bertz CT molecular complexity index is 1160. The van der Waals surface area contributed by atoms with E-state index >= 15 is 0 Å². The van der Waals surface area contributed by atoms with Crippen LogP contribution < -0.4 is 14.5 Å². The van der Waals surface area contributed by atoms with Gasteiger partial charge < -0.3 is 19.4 Å². The average Bonchev–Trinajstić information content (AvgIpc) is 2.93. The van der Waals surface area contributed by atoms with Crippen LogP contribution in [0.4, 0.5) is 11.5 Å². The summed E-state index contributed by atoms with van der Waals surface area (Å²) in [5, 5.41) is 9.01. The van der Waals surface area contributed by atoms with Gasteiger partial charge in [-0.2, -0.15) is 0 Å². The second kappa shape index (κ2) is 10.3. The van der Waals surface area contributed by atoms with Crippen LogP contribution in [0.3, 0.4) is 0 Å². The standard InChI is InChI=1S/C28H33N5O2/c1-21-8-3-4-10-23(21)24-13-14-27(30-29-24)33-15-7-9-22(20-33)28(34)32-18-16-31(17-19-32)25-11-5-6-12-26(25)35-2/h3-6,8,10-14,22H,7,9,15-20H2,1-2H3. The molecule has 3 heterocycles. The van der Waals surface area contributed by atoms with E-state index < -0.39 is 0 Å². The van der Waals surface area contributed by atoms with E-state index in [1.165, 1.54) is 5.56 Å². The molecule has 182 valence electrons. The number of para-hydroxylation sites is 2. The number of methoxy groups -OCH3 is 1. The maximum absolute atomic E-state index is 13.4. The highest BCUT2D eigenvalue weighted by molar-refractivity contribution is 5.80. The van der Waals surface area contributed by atoms with E-state index in [0.29, 0.717) is 6.54 Å². The van der Waals surface area contributed by atoms with Crippen molar-refractivity contribution < 1.29 is 9.53 Å². The number of benzene rings is 2. The van der Waals surface area contributed by atoms with Gasteiger partial charge >= 0.3 is 0 Å². The molecule has 0 spiro atoms. The first-order valence-corrected chi connectivity index (χ1v) is 12.5. The van der Waals surface area contributed by atoms with Gasteiger partial charge in [-0.15, -0.1) is 10.2 Å². The van der Waals surface area contributed by atoms with Crippen LogP contribution in [-0.2, 0) is 4.79 Å². The minimum atomic E-state index is -0.000550. The number of piperazine rings is 1. The van der Waals surface area contributed by atoms with Gasteiger partial charge in [0.2, 0.25) is 5.91 Å². The van der Waals surface area contributed by atoms with E-state index in [2.05, 4.69) is 45.1 Å². The van der Waals surface area contributed by atoms with Crippen LogP contribution in [0.5, 0.6) is 5.75 Å².